The summed E-state index contributed by atoms with van der Waals surface area (Å²) in [4.78, 5) is 16.9. The van der Waals surface area contributed by atoms with E-state index in [2.05, 4.69) is 20.6 Å². The number of aryl methyl sites for hydroxylation is 1. The first-order valence-electron chi connectivity index (χ1n) is 10.9. The van der Waals surface area contributed by atoms with Crippen LogP contribution in [0.2, 0.25) is 0 Å². The van der Waals surface area contributed by atoms with Gasteiger partial charge in [-0.05, 0) is 56.7 Å². The van der Waals surface area contributed by atoms with Crippen LogP contribution in [0, 0.1) is 6.92 Å². The highest BCUT2D eigenvalue weighted by Crippen LogP contribution is 2.21. The van der Waals surface area contributed by atoms with Crippen molar-refractivity contribution in [1.29, 1.82) is 0 Å². The van der Waals surface area contributed by atoms with E-state index in [1.165, 1.54) is 0 Å². The van der Waals surface area contributed by atoms with Gasteiger partial charge in [-0.15, -0.1) is 0 Å². The lowest BCUT2D eigenvalue weighted by Gasteiger charge is -2.14. The summed E-state index contributed by atoms with van der Waals surface area (Å²) >= 11 is 0. The molecular weight excluding hydrogens is 418 g/mol. The van der Waals surface area contributed by atoms with Gasteiger partial charge in [0.2, 0.25) is 17.6 Å². The van der Waals surface area contributed by atoms with Crippen molar-refractivity contribution in [2.45, 2.75) is 39.2 Å². The molecule has 170 valence electrons. The predicted octanol–water partition coefficient (Wildman–Crippen LogP) is 4.44. The van der Waals surface area contributed by atoms with Crippen molar-refractivity contribution in [2.75, 3.05) is 7.11 Å². The number of carbonyl (C=O) groups excluding carboxylic acids is 1. The minimum Gasteiger partial charge on any atom is -0.497 e. The van der Waals surface area contributed by atoms with E-state index in [1.54, 1.807) is 7.11 Å². The number of carbonyl (C=O) groups is 1. The molecule has 0 spiro atoms. The van der Waals surface area contributed by atoms with Crippen molar-refractivity contribution in [3.63, 3.8) is 0 Å². The molecule has 1 N–H and O–H groups in total. The molecule has 0 radical (unpaired) electrons. The largest absolute Gasteiger partial charge is 0.497 e. The van der Waals surface area contributed by atoms with Crippen LogP contribution >= 0.6 is 0 Å². The maximum Gasteiger partial charge on any atom is 0.226 e. The average molecular weight is 446 g/mol. The van der Waals surface area contributed by atoms with Crippen LogP contribution in [0.4, 0.5) is 0 Å². The number of rotatable bonds is 9. The Morgan fingerprint density at radius 1 is 1.15 bits per heavy atom. The van der Waals surface area contributed by atoms with Gasteiger partial charge in [-0.25, -0.2) is 4.68 Å². The Hall–Kier alpha value is -3.94. The second-order valence-electron chi connectivity index (χ2n) is 7.82. The fraction of sp³-hybridized carbons (Fsp3) is 0.280. The quantitative estimate of drug-likeness (QED) is 0.409. The highest BCUT2D eigenvalue weighted by Gasteiger charge is 2.17. The third-order valence-electron chi connectivity index (χ3n) is 5.50. The van der Waals surface area contributed by atoms with Crippen LogP contribution in [-0.2, 0) is 11.2 Å². The topological polar surface area (TPSA) is 95.1 Å². The Kier molecular flexibility index (Phi) is 6.83. The van der Waals surface area contributed by atoms with Crippen molar-refractivity contribution in [3.05, 3.63) is 77.9 Å². The van der Waals surface area contributed by atoms with Gasteiger partial charge < -0.3 is 14.6 Å². The van der Waals surface area contributed by atoms with Crippen LogP contribution in [0.25, 0.3) is 17.1 Å². The van der Waals surface area contributed by atoms with Crippen LogP contribution in [0.5, 0.6) is 5.75 Å². The van der Waals surface area contributed by atoms with Crippen molar-refractivity contribution in [1.82, 2.24) is 25.2 Å². The van der Waals surface area contributed by atoms with Crippen molar-refractivity contribution < 1.29 is 14.1 Å². The molecule has 0 aliphatic rings. The van der Waals surface area contributed by atoms with E-state index in [-0.39, 0.29) is 11.9 Å². The molecule has 1 atom stereocenters. The fourth-order valence-corrected chi connectivity index (χ4v) is 3.68. The van der Waals surface area contributed by atoms with E-state index in [0.717, 1.165) is 28.3 Å². The molecule has 2 aromatic carbocycles. The van der Waals surface area contributed by atoms with Gasteiger partial charge in [0, 0.05) is 29.7 Å². The number of nitrogens with one attached hydrogen (secondary N) is 1. The molecule has 0 saturated carbocycles. The monoisotopic (exact) mass is 445 g/mol. The predicted molar refractivity (Wildman–Crippen MR) is 124 cm³/mol. The second-order valence-corrected chi connectivity index (χ2v) is 7.82. The first-order chi connectivity index (χ1) is 16.0. The summed E-state index contributed by atoms with van der Waals surface area (Å²) in [5, 5.41) is 11.6. The Bertz CT molecular complexity index is 1200. The van der Waals surface area contributed by atoms with Crippen molar-refractivity contribution >= 4 is 5.91 Å². The number of hydrogen-bond donors (Lipinski definition) is 1. The molecule has 0 aliphatic heterocycles. The lowest BCUT2D eigenvalue weighted by molar-refractivity contribution is -0.121. The molecule has 4 rings (SSSR count). The number of nitrogens with zero attached hydrogens (tertiary/aromatic N) is 4. The number of amides is 1. The molecular formula is C25H27N5O3. The van der Waals surface area contributed by atoms with E-state index in [0.29, 0.717) is 31.0 Å². The third kappa shape index (κ3) is 5.28. The zero-order valence-corrected chi connectivity index (χ0v) is 19.0. The second kappa shape index (κ2) is 10.1. The Morgan fingerprint density at radius 3 is 2.64 bits per heavy atom. The molecule has 8 heteroatoms. The molecule has 1 amide bonds. The van der Waals surface area contributed by atoms with Crippen LogP contribution < -0.4 is 10.1 Å². The number of para-hydroxylation sites is 1. The van der Waals surface area contributed by atoms with Gasteiger partial charge in [-0.3, -0.25) is 4.79 Å². The van der Waals surface area contributed by atoms with Crippen LogP contribution in [0.1, 0.15) is 43.0 Å². The van der Waals surface area contributed by atoms with Gasteiger partial charge in [0.25, 0.3) is 0 Å². The molecule has 1 unspecified atom stereocenters. The standard InChI is InChI=1S/C25H27N5O3/c1-17(22-16-26-30(18(22)2)20-8-5-4-6-9-20)27-23(31)10-7-11-24-28-25(29-33-24)19-12-14-21(32-3)15-13-19/h4-6,8-9,12-17H,7,10-11H2,1-3H3,(H,27,31). The molecule has 8 nitrogen and oxygen atoms in total. The number of hydrogen-bond acceptors (Lipinski definition) is 6. The van der Waals surface area contributed by atoms with E-state index in [4.69, 9.17) is 9.26 Å². The fourth-order valence-electron chi connectivity index (χ4n) is 3.68. The molecule has 4 aromatic rings. The Balaban J connectivity index is 1.28. The zero-order chi connectivity index (χ0) is 23.2. The van der Waals surface area contributed by atoms with E-state index >= 15 is 0 Å². The lowest BCUT2D eigenvalue weighted by Crippen LogP contribution is -2.26. The Labute approximate surface area is 192 Å². The van der Waals surface area contributed by atoms with E-state index in [1.807, 2.05) is 79.3 Å². The highest BCUT2D eigenvalue weighted by atomic mass is 16.5. The van der Waals surface area contributed by atoms with Crippen molar-refractivity contribution in [3.8, 4) is 22.8 Å². The van der Waals surface area contributed by atoms with E-state index < -0.39 is 0 Å². The van der Waals surface area contributed by atoms with Gasteiger partial charge in [-0.1, -0.05) is 23.4 Å². The highest BCUT2D eigenvalue weighted by molar-refractivity contribution is 5.76. The normalized spacial score (nSPS) is 11.8. The van der Waals surface area contributed by atoms with Gasteiger partial charge in [0.05, 0.1) is 25.0 Å². The molecule has 0 fully saturated rings. The smallest absolute Gasteiger partial charge is 0.226 e. The summed E-state index contributed by atoms with van der Waals surface area (Å²) in [6.07, 6.45) is 3.34. The number of benzene rings is 2. The maximum atomic E-state index is 12.5. The van der Waals surface area contributed by atoms with Crippen LogP contribution in [0.3, 0.4) is 0 Å². The summed E-state index contributed by atoms with van der Waals surface area (Å²) in [5.74, 6) is 1.79. The average Bonchev–Trinajstić information content (AvgIpc) is 3.46. The SMILES string of the molecule is COc1ccc(-c2noc(CCCC(=O)NC(C)c3cnn(-c4ccccc4)c3C)n2)cc1. The van der Waals surface area contributed by atoms with Crippen LogP contribution in [0.15, 0.2) is 65.3 Å². The minimum atomic E-state index is -0.139. The number of ether oxygens (including phenoxy) is 1. The summed E-state index contributed by atoms with van der Waals surface area (Å²) in [7, 11) is 1.62. The first kappa shape index (κ1) is 22.3. The maximum absolute atomic E-state index is 12.5. The number of methoxy groups -OCH3 is 1. The lowest BCUT2D eigenvalue weighted by atomic mass is 10.1. The number of aromatic nitrogens is 4. The third-order valence-corrected chi connectivity index (χ3v) is 5.50. The Morgan fingerprint density at radius 2 is 1.91 bits per heavy atom. The van der Waals surface area contributed by atoms with Gasteiger partial charge in [-0.2, -0.15) is 10.1 Å². The summed E-state index contributed by atoms with van der Waals surface area (Å²) in [5.41, 5.74) is 3.84. The molecule has 2 heterocycles. The zero-order valence-electron chi connectivity index (χ0n) is 19.0. The van der Waals surface area contributed by atoms with Crippen LogP contribution in [-0.4, -0.2) is 32.9 Å². The molecule has 2 aromatic heterocycles. The summed E-state index contributed by atoms with van der Waals surface area (Å²) in [6.45, 7) is 3.98. The minimum absolute atomic E-state index is 0.0238. The van der Waals surface area contributed by atoms with E-state index in [9.17, 15) is 4.79 Å². The molecule has 0 aliphatic carbocycles. The van der Waals surface area contributed by atoms with Gasteiger partial charge >= 0.3 is 0 Å². The first-order valence-corrected chi connectivity index (χ1v) is 10.9. The molecule has 33 heavy (non-hydrogen) atoms. The van der Waals surface area contributed by atoms with Gasteiger partial charge in [0.15, 0.2) is 0 Å². The molecule has 0 saturated heterocycles. The van der Waals surface area contributed by atoms with Gasteiger partial charge in [0.1, 0.15) is 5.75 Å². The van der Waals surface area contributed by atoms with Crippen molar-refractivity contribution in [2.24, 2.45) is 0 Å². The molecule has 0 bridgehead atoms. The summed E-state index contributed by atoms with van der Waals surface area (Å²) < 4.78 is 12.4. The summed E-state index contributed by atoms with van der Waals surface area (Å²) in [6, 6.07) is 17.3.